The number of nitrogens with one attached hydrogen (secondary N) is 1. The smallest absolute Gasteiger partial charge is 0.416 e. The highest BCUT2D eigenvalue weighted by atomic mass is 19.4. The minimum atomic E-state index is -4.37. The first-order chi connectivity index (χ1) is 12.3. The van der Waals surface area contributed by atoms with Crippen molar-refractivity contribution in [3.63, 3.8) is 0 Å². The van der Waals surface area contributed by atoms with Gasteiger partial charge in [0.1, 0.15) is 0 Å². The maximum atomic E-state index is 12.7. The van der Waals surface area contributed by atoms with Gasteiger partial charge in [-0.2, -0.15) is 13.2 Å². The van der Waals surface area contributed by atoms with Crippen LogP contribution in [0.15, 0.2) is 72.8 Å². The summed E-state index contributed by atoms with van der Waals surface area (Å²) < 4.78 is 38.0. The zero-order valence-electron chi connectivity index (χ0n) is 13.4. The second kappa shape index (κ2) is 6.92. The standard InChI is InChI=1S/C20H14F3NO2/c21-20(22,23)15-9-11-16(12-10-15)24-18-4-2-1-3-17(18)13-5-7-14(8-6-13)19(25)26/h1-12,24H,(H,25,26). The lowest BCUT2D eigenvalue weighted by atomic mass is 10.0. The third-order valence-corrected chi connectivity index (χ3v) is 3.86. The first-order valence-electron chi connectivity index (χ1n) is 7.71. The summed E-state index contributed by atoms with van der Waals surface area (Å²) in [5.41, 5.74) is 2.31. The molecule has 0 saturated heterocycles. The van der Waals surface area contributed by atoms with Crippen LogP contribution in [0.1, 0.15) is 15.9 Å². The molecule has 0 atom stereocenters. The number of hydrogen-bond acceptors (Lipinski definition) is 2. The van der Waals surface area contributed by atoms with Gasteiger partial charge in [0.05, 0.1) is 11.1 Å². The van der Waals surface area contributed by atoms with E-state index in [1.165, 1.54) is 24.3 Å². The average Bonchev–Trinajstić information content (AvgIpc) is 2.62. The first-order valence-corrected chi connectivity index (χ1v) is 7.71. The van der Waals surface area contributed by atoms with Crippen LogP contribution < -0.4 is 5.32 Å². The highest BCUT2D eigenvalue weighted by molar-refractivity contribution is 5.89. The summed E-state index contributed by atoms with van der Waals surface area (Å²) in [4.78, 5) is 11.0. The molecule has 3 rings (SSSR count). The van der Waals surface area contributed by atoms with E-state index in [-0.39, 0.29) is 5.56 Å². The fourth-order valence-corrected chi connectivity index (χ4v) is 2.53. The second-order valence-electron chi connectivity index (χ2n) is 5.63. The molecule has 3 aromatic rings. The molecule has 0 unspecified atom stereocenters. The lowest BCUT2D eigenvalue weighted by Crippen LogP contribution is -2.04. The monoisotopic (exact) mass is 357 g/mol. The van der Waals surface area contributed by atoms with Gasteiger partial charge < -0.3 is 10.4 Å². The molecule has 3 aromatic carbocycles. The molecule has 0 aliphatic rings. The van der Waals surface area contributed by atoms with Crippen LogP contribution in [0.4, 0.5) is 24.5 Å². The zero-order chi connectivity index (χ0) is 18.7. The van der Waals surface area contributed by atoms with Gasteiger partial charge in [-0.15, -0.1) is 0 Å². The number of benzene rings is 3. The number of carboxylic acid groups (broad SMARTS) is 1. The van der Waals surface area contributed by atoms with Crippen LogP contribution in [0, 0.1) is 0 Å². The Bertz CT molecular complexity index is 917. The van der Waals surface area contributed by atoms with Crippen molar-refractivity contribution in [1.29, 1.82) is 0 Å². The Labute approximate surface area is 147 Å². The predicted octanol–water partition coefficient (Wildman–Crippen LogP) is 5.81. The van der Waals surface area contributed by atoms with Gasteiger partial charge >= 0.3 is 12.1 Å². The molecule has 0 amide bonds. The van der Waals surface area contributed by atoms with Gasteiger partial charge in [0, 0.05) is 16.9 Å². The summed E-state index contributed by atoms with van der Waals surface area (Å²) >= 11 is 0. The van der Waals surface area contributed by atoms with Gasteiger partial charge in [-0.25, -0.2) is 4.79 Å². The van der Waals surface area contributed by atoms with Crippen LogP contribution in [0.5, 0.6) is 0 Å². The Hall–Kier alpha value is -3.28. The van der Waals surface area contributed by atoms with Crippen molar-refractivity contribution in [1.82, 2.24) is 0 Å². The molecule has 0 bridgehead atoms. The number of para-hydroxylation sites is 1. The molecule has 0 aromatic heterocycles. The minimum absolute atomic E-state index is 0.182. The van der Waals surface area contributed by atoms with E-state index >= 15 is 0 Å². The molecule has 6 heteroatoms. The quantitative estimate of drug-likeness (QED) is 0.619. The lowest BCUT2D eigenvalue weighted by molar-refractivity contribution is -0.137. The summed E-state index contributed by atoms with van der Waals surface area (Å²) in [5, 5.41) is 12.1. The Balaban J connectivity index is 1.89. The topological polar surface area (TPSA) is 49.3 Å². The number of alkyl halides is 3. The average molecular weight is 357 g/mol. The first kappa shape index (κ1) is 17.5. The van der Waals surface area contributed by atoms with Gasteiger partial charge in [0.25, 0.3) is 0 Å². The molecule has 26 heavy (non-hydrogen) atoms. The van der Waals surface area contributed by atoms with E-state index in [9.17, 15) is 18.0 Å². The highest BCUT2D eigenvalue weighted by Gasteiger charge is 2.29. The SMILES string of the molecule is O=C(O)c1ccc(-c2ccccc2Nc2ccc(C(F)(F)F)cc2)cc1. The van der Waals surface area contributed by atoms with E-state index < -0.39 is 17.7 Å². The summed E-state index contributed by atoms with van der Waals surface area (Å²) in [7, 11) is 0. The normalized spacial score (nSPS) is 11.2. The van der Waals surface area contributed by atoms with Gasteiger partial charge in [0.15, 0.2) is 0 Å². The molecule has 0 heterocycles. The van der Waals surface area contributed by atoms with E-state index in [2.05, 4.69) is 5.32 Å². The molecule has 0 saturated carbocycles. The summed E-state index contributed by atoms with van der Waals surface area (Å²) in [6, 6.07) is 18.5. The fraction of sp³-hybridized carbons (Fsp3) is 0.0500. The number of halogens is 3. The van der Waals surface area contributed by atoms with Crippen LogP contribution >= 0.6 is 0 Å². The third-order valence-electron chi connectivity index (χ3n) is 3.86. The van der Waals surface area contributed by atoms with E-state index in [1.54, 1.807) is 18.2 Å². The van der Waals surface area contributed by atoms with Gasteiger partial charge in [-0.05, 0) is 48.0 Å². The molecule has 132 valence electrons. The molecule has 0 aliphatic carbocycles. The zero-order valence-corrected chi connectivity index (χ0v) is 13.4. The highest BCUT2D eigenvalue weighted by Crippen LogP contribution is 2.33. The molecular formula is C20H14F3NO2. The lowest BCUT2D eigenvalue weighted by Gasteiger charge is -2.13. The minimum Gasteiger partial charge on any atom is -0.478 e. The fourth-order valence-electron chi connectivity index (χ4n) is 2.53. The van der Waals surface area contributed by atoms with Crippen molar-refractivity contribution in [3.8, 4) is 11.1 Å². The summed E-state index contributed by atoms with van der Waals surface area (Å²) in [5.74, 6) is -1.01. The number of carboxylic acids is 1. The number of rotatable bonds is 4. The van der Waals surface area contributed by atoms with Gasteiger partial charge in [0.2, 0.25) is 0 Å². The maximum absolute atomic E-state index is 12.7. The van der Waals surface area contributed by atoms with E-state index in [0.29, 0.717) is 11.4 Å². The summed E-state index contributed by atoms with van der Waals surface area (Å²) in [6.07, 6.45) is -4.37. The number of aromatic carboxylic acids is 1. The molecule has 0 fully saturated rings. The number of carbonyl (C=O) groups is 1. The van der Waals surface area contributed by atoms with E-state index in [1.807, 2.05) is 18.2 Å². The van der Waals surface area contributed by atoms with E-state index in [4.69, 9.17) is 5.11 Å². The van der Waals surface area contributed by atoms with Crippen LogP contribution in [0.25, 0.3) is 11.1 Å². The number of anilines is 2. The molecular weight excluding hydrogens is 343 g/mol. The maximum Gasteiger partial charge on any atom is 0.416 e. The van der Waals surface area contributed by atoms with Crippen LogP contribution in [-0.2, 0) is 6.18 Å². The molecule has 3 nitrogen and oxygen atoms in total. The molecule has 0 aliphatic heterocycles. The van der Waals surface area contributed by atoms with Gasteiger partial charge in [-0.1, -0.05) is 30.3 Å². The van der Waals surface area contributed by atoms with Crippen molar-refractivity contribution in [2.24, 2.45) is 0 Å². The Morgan fingerprint density at radius 2 is 1.46 bits per heavy atom. The Morgan fingerprint density at radius 1 is 0.846 bits per heavy atom. The molecule has 0 radical (unpaired) electrons. The Kier molecular flexibility index (Phi) is 4.67. The molecule has 2 N–H and O–H groups in total. The van der Waals surface area contributed by atoms with Crippen LogP contribution in [-0.4, -0.2) is 11.1 Å². The van der Waals surface area contributed by atoms with Crippen LogP contribution in [0.3, 0.4) is 0 Å². The second-order valence-corrected chi connectivity index (χ2v) is 5.63. The van der Waals surface area contributed by atoms with Crippen LogP contribution in [0.2, 0.25) is 0 Å². The largest absolute Gasteiger partial charge is 0.478 e. The van der Waals surface area contributed by atoms with E-state index in [0.717, 1.165) is 23.3 Å². The third kappa shape index (κ3) is 3.85. The van der Waals surface area contributed by atoms with Crippen molar-refractivity contribution in [2.45, 2.75) is 6.18 Å². The van der Waals surface area contributed by atoms with Crippen molar-refractivity contribution in [3.05, 3.63) is 83.9 Å². The predicted molar refractivity (Wildman–Crippen MR) is 93.6 cm³/mol. The number of hydrogen-bond donors (Lipinski definition) is 2. The van der Waals surface area contributed by atoms with Gasteiger partial charge in [-0.3, -0.25) is 0 Å². The van der Waals surface area contributed by atoms with Crippen molar-refractivity contribution >= 4 is 17.3 Å². The van der Waals surface area contributed by atoms with Crippen molar-refractivity contribution < 1.29 is 23.1 Å². The Morgan fingerprint density at radius 3 is 2.04 bits per heavy atom. The molecule has 0 spiro atoms. The van der Waals surface area contributed by atoms with Crippen molar-refractivity contribution in [2.75, 3.05) is 5.32 Å². The summed E-state index contributed by atoms with van der Waals surface area (Å²) in [6.45, 7) is 0.